The van der Waals surface area contributed by atoms with E-state index in [1.807, 2.05) is 0 Å². The second-order valence-electron chi connectivity index (χ2n) is 3.13. The third-order valence-corrected chi connectivity index (χ3v) is 2.00. The van der Waals surface area contributed by atoms with Crippen LogP contribution in [0.1, 0.15) is 21.5 Å². The Balaban J connectivity index is 3.46. The molecular weight excluding hydrogens is 242 g/mol. The number of hydrogen-bond acceptors (Lipinski definition) is 2. The number of rotatable bonds is 2. The van der Waals surface area contributed by atoms with E-state index in [4.69, 9.17) is 10.4 Å². The molecule has 0 aromatic heterocycles. The second-order valence-corrected chi connectivity index (χ2v) is 3.13. The number of carboxylic acid groups (broad SMARTS) is 1. The van der Waals surface area contributed by atoms with Gasteiger partial charge in [0.2, 0.25) is 0 Å². The predicted molar refractivity (Wildman–Crippen MR) is 47.7 cm³/mol. The molecule has 7 heteroatoms. The number of hydrogen-bond donors (Lipinski definition) is 1. The van der Waals surface area contributed by atoms with E-state index in [2.05, 4.69) is 0 Å². The van der Waals surface area contributed by atoms with Crippen molar-refractivity contribution >= 4 is 5.97 Å². The van der Waals surface area contributed by atoms with Crippen molar-refractivity contribution < 1.29 is 27.5 Å². The van der Waals surface area contributed by atoms with Gasteiger partial charge in [-0.1, -0.05) is 0 Å². The summed E-state index contributed by atoms with van der Waals surface area (Å²) in [4.78, 5) is 10.7. The Bertz CT molecular complexity index is 502. The Morgan fingerprint density at radius 1 is 1.41 bits per heavy atom. The highest BCUT2D eigenvalue weighted by atomic mass is 19.4. The molecule has 0 unspecified atom stereocenters. The Hall–Kier alpha value is -2.10. The van der Waals surface area contributed by atoms with Crippen LogP contribution in [0.4, 0.5) is 17.6 Å². The first kappa shape index (κ1) is 13.0. The summed E-state index contributed by atoms with van der Waals surface area (Å²) in [5.41, 5.74) is -2.58. The summed E-state index contributed by atoms with van der Waals surface area (Å²) in [5.74, 6) is -3.25. The third-order valence-electron chi connectivity index (χ3n) is 2.00. The van der Waals surface area contributed by atoms with Crippen LogP contribution in [0, 0.1) is 17.1 Å². The molecule has 1 N–H and O–H groups in total. The molecule has 1 aromatic carbocycles. The van der Waals surface area contributed by atoms with Gasteiger partial charge in [-0.15, -0.1) is 0 Å². The molecule has 0 bridgehead atoms. The van der Waals surface area contributed by atoms with E-state index in [0.717, 1.165) is 0 Å². The highest BCUT2D eigenvalue weighted by molar-refractivity contribution is 5.89. The van der Waals surface area contributed by atoms with Crippen LogP contribution in [0.5, 0.6) is 0 Å². The number of aromatic carboxylic acids is 1. The van der Waals surface area contributed by atoms with Crippen molar-refractivity contribution in [1.82, 2.24) is 0 Å². The fourth-order valence-corrected chi connectivity index (χ4v) is 1.27. The maximum absolute atomic E-state index is 13.1. The summed E-state index contributed by atoms with van der Waals surface area (Å²) in [6.07, 6.45) is -5.46. The van der Waals surface area contributed by atoms with Crippen LogP contribution >= 0.6 is 0 Å². The highest BCUT2D eigenvalue weighted by Gasteiger charge is 2.35. The van der Waals surface area contributed by atoms with Crippen molar-refractivity contribution in [1.29, 1.82) is 5.26 Å². The molecule has 0 heterocycles. The fraction of sp³-hybridized carbons (Fsp3) is 0.200. The first-order chi connectivity index (χ1) is 7.77. The zero-order chi connectivity index (χ0) is 13.2. The van der Waals surface area contributed by atoms with E-state index < -0.39 is 35.5 Å². The first-order valence-electron chi connectivity index (χ1n) is 4.27. The van der Waals surface area contributed by atoms with Crippen LogP contribution in [-0.4, -0.2) is 11.1 Å². The number of nitriles is 1. The number of alkyl halides is 3. The Morgan fingerprint density at radius 3 is 2.41 bits per heavy atom. The highest BCUT2D eigenvalue weighted by Crippen LogP contribution is 2.33. The molecule has 0 spiro atoms. The van der Waals surface area contributed by atoms with Crippen molar-refractivity contribution in [3.63, 3.8) is 0 Å². The summed E-state index contributed by atoms with van der Waals surface area (Å²) >= 11 is 0. The van der Waals surface area contributed by atoms with Crippen molar-refractivity contribution in [2.24, 2.45) is 0 Å². The van der Waals surface area contributed by atoms with Gasteiger partial charge in [-0.2, -0.15) is 18.4 Å². The van der Waals surface area contributed by atoms with Crippen LogP contribution < -0.4 is 0 Å². The lowest BCUT2D eigenvalue weighted by Gasteiger charge is -2.11. The SMILES string of the molecule is N#CCc1cc(C(F)(F)F)c(F)cc1C(=O)O. The minimum Gasteiger partial charge on any atom is -0.478 e. The van der Waals surface area contributed by atoms with Crippen LogP contribution in [0.25, 0.3) is 0 Å². The maximum atomic E-state index is 13.1. The maximum Gasteiger partial charge on any atom is 0.419 e. The van der Waals surface area contributed by atoms with Gasteiger partial charge < -0.3 is 5.11 Å². The van der Waals surface area contributed by atoms with Crippen LogP contribution in [0.15, 0.2) is 12.1 Å². The lowest BCUT2D eigenvalue weighted by molar-refractivity contribution is -0.140. The van der Waals surface area contributed by atoms with Crippen LogP contribution in [-0.2, 0) is 12.6 Å². The Labute approximate surface area is 92.9 Å². The third kappa shape index (κ3) is 2.72. The van der Waals surface area contributed by atoms with Crippen LogP contribution in [0.3, 0.4) is 0 Å². The van der Waals surface area contributed by atoms with Crippen molar-refractivity contribution in [3.8, 4) is 6.07 Å². The molecule has 0 aliphatic rings. The second kappa shape index (κ2) is 4.41. The fourth-order valence-electron chi connectivity index (χ4n) is 1.27. The van der Waals surface area contributed by atoms with E-state index in [1.165, 1.54) is 6.07 Å². The lowest BCUT2D eigenvalue weighted by atomic mass is 10.0. The smallest absolute Gasteiger partial charge is 0.419 e. The molecule has 1 rings (SSSR count). The van der Waals surface area contributed by atoms with Crippen molar-refractivity contribution in [2.75, 3.05) is 0 Å². The topological polar surface area (TPSA) is 61.1 Å². The molecule has 3 nitrogen and oxygen atoms in total. The number of benzene rings is 1. The molecule has 0 saturated heterocycles. The van der Waals surface area contributed by atoms with Crippen LogP contribution in [0.2, 0.25) is 0 Å². The standard InChI is InChI=1S/C10H5F4NO2/c11-8-4-6(9(16)17)5(1-2-15)3-7(8)10(12,13)14/h3-4H,1H2,(H,16,17). The molecule has 0 aliphatic heterocycles. The number of nitrogens with zero attached hydrogens (tertiary/aromatic N) is 1. The van der Waals surface area contributed by atoms with Gasteiger partial charge in [0.1, 0.15) is 5.82 Å². The largest absolute Gasteiger partial charge is 0.478 e. The van der Waals surface area contributed by atoms with Gasteiger partial charge in [0.15, 0.2) is 0 Å². The van der Waals surface area contributed by atoms with Gasteiger partial charge in [-0.3, -0.25) is 0 Å². The molecule has 0 aliphatic carbocycles. The summed E-state index contributed by atoms with van der Waals surface area (Å²) in [5, 5.41) is 17.0. The molecule has 0 radical (unpaired) electrons. The molecule has 17 heavy (non-hydrogen) atoms. The zero-order valence-corrected chi connectivity index (χ0v) is 8.18. The zero-order valence-electron chi connectivity index (χ0n) is 8.18. The number of carboxylic acids is 1. The minimum atomic E-state index is -4.93. The molecule has 0 atom stereocenters. The summed E-state index contributed by atoms with van der Waals surface area (Å²) < 4.78 is 50.1. The van der Waals surface area contributed by atoms with E-state index in [-0.39, 0.29) is 11.6 Å². The summed E-state index contributed by atoms with van der Waals surface area (Å²) in [7, 11) is 0. The molecule has 90 valence electrons. The van der Waals surface area contributed by atoms with E-state index >= 15 is 0 Å². The average molecular weight is 247 g/mol. The van der Waals surface area contributed by atoms with Gasteiger partial charge in [0.05, 0.1) is 23.6 Å². The van der Waals surface area contributed by atoms with Crippen molar-refractivity contribution in [2.45, 2.75) is 12.6 Å². The van der Waals surface area contributed by atoms with Gasteiger partial charge in [-0.05, 0) is 17.7 Å². The molecule has 0 saturated carbocycles. The normalized spacial score (nSPS) is 11.0. The molecular formula is C10H5F4NO2. The Kier molecular flexibility index (Phi) is 3.36. The predicted octanol–water partition coefficient (Wildman–Crippen LogP) is 2.61. The number of halogens is 4. The lowest BCUT2D eigenvalue weighted by Crippen LogP contribution is -2.12. The summed E-state index contributed by atoms with van der Waals surface area (Å²) in [6.45, 7) is 0. The summed E-state index contributed by atoms with van der Waals surface area (Å²) in [6, 6.07) is 2.15. The van der Waals surface area contributed by atoms with Gasteiger partial charge in [-0.25, -0.2) is 9.18 Å². The van der Waals surface area contributed by atoms with Crippen molar-refractivity contribution in [3.05, 3.63) is 34.6 Å². The first-order valence-corrected chi connectivity index (χ1v) is 4.27. The average Bonchev–Trinajstić information content (AvgIpc) is 2.18. The minimum absolute atomic E-state index is 0.276. The van der Waals surface area contributed by atoms with E-state index in [0.29, 0.717) is 6.07 Å². The number of carbonyl (C=O) groups is 1. The molecule has 0 fully saturated rings. The van der Waals surface area contributed by atoms with Gasteiger partial charge in [0.25, 0.3) is 0 Å². The van der Waals surface area contributed by atoms with E-state index in [1.54, 1.807) is 0 Å². The molecule has 0 amide bonds. The quantitative estimate of drug-likeness (QED) is 0.817. The Morgan fingerprint density at radius 2 is 2.00 bits per heavy atom. The van der Waals surface area contributed by atoms with E-state index in [9.17, 15) is 22.4 Å². The monoisotopic (exact) mass is 247 g/mol. The molecule has 1 aromatic rings. The van der Waals surface area contributed by atoms with Gasteiger partial charge >= 0.3 is 12.1 Å². The van der Waals surface area contributed by atoms with Gasteiger partial charge in [0, 0.05) is 0 Å².